The molecule has 0 saturated heterocycles. The van der Waals surface area contributed by atoms with Crippen LogP contribution < -0.4 is 9.80 Å². The molecule has 2 aromatic carbocycles. The fourth-order valence-electron chi connectivity index (χ4n) is 2.88. The van der Waals surface area contributed by atoms with Gasteiger partial charge in [0.2, 0.25) is 0 Å². The average molecular weight is 327 g/mol. The second-order valence-electron chi connectivity index (χ2n) is 6.27. The van der Waals surface area contributed by atoms with Crippen LogP contribution in [-0.4, -0.2) is 33.0 Å². The van der Waals surface area contributed by atoms with Crippen molar-refractivity contribution in [3.05, 3.63) is 48.0 Å². The predicted molar refractivity (Wildman–Crippen MR) is 96.3 cm³/mol. The molecule has 0 saturated carbocycles. The van der Waals surface area contributed by atoms with Crippen molar-refractivity contribution in [1.82, 2.24) is 0 Å². The number of nitrogens with one attached hydrogen (secondary N) is 1. The number of para-hydroxylation sites is 1. The number of benzene rings is 2. The van der Waals surface area contributed by atoms with Crippen molar-refractivity contribution in [2.45, 2.75) is 23.1 Å². The van der Waals surface area contributed by atoms with Crippen molar-refractivity contribution in [1.29, 1.82) is 0 Å². The first kappa shape index (κ1) is 16.1. The summed E-state index contributed by atoms with van der Waals surface area (Å²) in [4.78, 5) is 18.1. The number of nitrogens with zero attached hydrogens (tertiary/aromatic N) is 1. The van der Waals surface area contributed by atoms with Crippen molar-refractivity contribution in [3.8, 4) is 0 Å². The zero-order valence-corrected chi connectivity index (χ0v) is 14.7. The summed E-state index contributed by atoms with van der Waals surface area (Å²) in [6.45, 7) is 3.73. The Morgan fingerprint density at radius 1 is 1.09 bits per heavy atom. The van der Waals surface area contributed by atoms with Gasteiger partial charge in [-0.25, -0.2) is 0 Å². The Balaban J connectivity index is 1.98. The third-order valence-electron chi connectivity index (χ3n) is 4.09. The molecule has 0 spiro atoms. The van der Waals surface area contributed by atoms with Gasteiger partial charge in [-0.1, -0.05) is 30.0 Å². The maximum atomic E-state index is 11.8. The van der Waals surface area contributed by atoms with E-state index in [0.717, 1.165) is 30.8 Å². The van der Waals surface area contributed by atoms with Crippen LogP contribution in [0.25, 0.3) is 0 Å². The summed E-state index contributed by atoms with van der Waals surface area (Å²) in [5.74, 6) is 0.120. The van der Waals surface area contributed by atoms with E-state index in [1.165, 1.54) is 20.4 Å². The van der Waals surface area contributed by atoms with Crippen LogP contribution in [0, 0.1) is 0 Å². The molecule has 0 aliphatic carbocycles. The minimum absolute atomic E-state index is 0.120. The Hall–Kier alpha value is -1.78. The molecule has 0 unspecified atom stereocenters. The van der Waals surface area contributed by atoms with Gasteiger partial charge in [-0.2, -0.15) is 0 Å². The van der Waals surface area contributed by atoms with Crippen LogP contribution in [0.2, 0.25) is 0 Å². The van der Waals surface area contributed by atoms with Crippen molar-refractivity contribution >= 4 is 28.9 Å². The van der Waals surface area contributed by atoms with Crippen LogP contribution in [0.4, 0.5) is 11.4 Å². The fourth-order valence-corrected chi connectivity index (χ4v) is 3.96. The van der Waals surface area contributed by atoms with Crippen molar-refractivity contribution in [2.75, 3.05) is 32.1 Å². The van der Waals surface area contributed by atoms with Gasteiger partial charge in [0.05, 0.1) is 32.0 Å². The smallest absolute Gasteiger partial charge is 0.159 e. The highest BCUT2D eigenvalue weighted by atomic mass is 32.2. The Labute approximate surface area is 142 Å². The summed E-state index contributed by atoms with van der Waals surface area (Å²) in [6, 6.07) is 14.6. The summed E-state index contributed by atoms with van der Waals surface area (Å²) >= 11 is 1.79. The van der Waals surface area contributed by atoms with E-state index in [-0.39, 0.29) is 5.78 Å². The van der Waals surface area contributed by atoms with Gasteiger partial charge in [0, 0.05) is 28.3 Å². The highest BCUT2D eigenvalue weighted by molar-refractivity contribution is 7.99. The number of ketones is 1. The standard InChI is InChI=1S/C19H22N2OS/c1-14(22)15-9-10-19-17(13-15)21(12-6-11-20(2)3)16-7-4-5-8-18(16)23-19/h4-5,7-10,13H,6,11-12H2,1-3H3/p+1. The van der Waals surface area contributed by atoms with Crippen LogP contribution in [0.5, 0.6) is 0 Å². The molecule has 1 aliphatic heterocycles. The van der Waals surface area contributed by atoms with E-state index in [1.807, 2.05) is 12.1 Å². The maximum Gasteiger partial charge on any atom is 0.159 e. The van der Waals surface area contributed by atoms with E-state index < -0.39 is 0 Å². The molecule has 0 fully saturated rings. The Kier molecular flexibility index (Phi) is 4.74. The summed E-state index contributed by atoms with van der Waals surface area (Å²) in [5, 5.41) is 0. The van der Waals surface area contributed by atoms with Gasteiger partial charge < -0.3 is 9.80 Å². The zero-order chi connectivity index (χ0) is 16.4. The van der Waals surface area contributed by atoms with Crippen molar-refractivity contribution in [3.63, 3.8) is 0 Å². The lowest BCUT2D eigenvalue weighted by Crippen LogP contribution is -3.05. The molecule has 1 N–H and O–H groups in total. The molecule has 0 amide bonds. The normalized spacial score (nSPS) is 13.0. The Bertz CT molecular complexity index is 727. The van der Waals surface area contributed by atoms with E-state index in [9.17, 15) is 4.79 Å². The summed E-state index contributed by atoms with van der Waals surface area (Å²) in [6.07, 6.45) is 1.12. The van der Waals surface area contributed by atoms with E-state index in [2.05, 4.69) is 49.3 Å². The van der Waals surface area contributed by atoms with Crippen molar-refractivity contribution < 1.29 is 9.69 Å². The quantitative estimate of drug-likeness (QED) is 0.855. The SMILES string of the molecule is CC(=O)c1ccc2c(c1)N(CCC[NH+](C)C)c1ccccc1S2. The Morgan fingerprint density at radius 2 is 1.83 bits per heavy atom. The number of carbonyl (C=O) groups is 1. The van der Waals surface area contributed by atoms with Crippen LogP contribution in [-0.2, 0) is 0 Å². The van der Waals surface area contributed by atoms with E-state index >= 15 is 0 Å². The fraction of sp³-hybridized carbons (Fsp3) is 0.316. The molecule has 3 rings (SSSR count). The first-order chi connectivity index (χ1) is 11.1. The minimum Gasteiger partial charge on any atom is -0.340 e. The molecule has 23 heavy (non-hydrogen) atoms. The number of hydrogen-bond acceptors (Lipinski definition) is 3. The number of anilines is 2. The second-order valence-corrected chi connectivity index (χ2v) is 7.35. The molecule has 0 bridgehead atoms. The molecule has 4 heteroatoms. The number of fused-ring (bicyclic) bond motifs is 2. The highest BCUT2D eigenvalue weighted by Crippen LogP contribution is 2.48. The topological polar surface area (TPSA) is 24.8 Å². The van der Waals surface area contributed by atoms with Gasteiger partial charge in [-0.15, -0.1) is 0 Å². The second kappa shape index (κ2) is 6.77. The largest absolute Gasteiger partial charge is 0.340 e. The third-order valence-corrected chi connectivity index (χ3v) is 5.22. The highest BCUT2D eigenvalue weighted by Gasteiger charge is 2.23. The monoisotopic (exact) mass is 327 g/mol. The van der Waals surface area contributed by atoms with E-state index in [4.69, 9.17) is 0 Å². The van der Waals surface area contributed by atoms with Gasteiger partial charge in [0.25, 0.3) is 0 Å². The summed E-state index contributed by atoms with van der Waals surface area (Å²) < 4.78 is 0. The van der Waals surface area contributed by atoms with Crippen LogP contribution in [0.15, 0.2) is 52.3 Å². The third kappa shape index (κ3) is 3.43. The van der Waals surface area contributed by atoms with Crippen LogP contribution in [0.1, 0.15) is 23.7 Å². The van der Waals surface area contributed by atoms with Gasteiger partial charge in [0.15, 0.2) is 5.78 Å². The van der Waals surface area contributed by atoms with Crippen LogP contribution in [0.3, 0.4) is 0 Å². The van der Waals surface area contributed by atoms with Crippen molar-refractivity contribution in [2.24, 2.45) is 0 Å². The lowest BCUT2D eigenvalue weighted by atomic mass is 10.1. The zero-order valence-electron chi connectivity index (χ0n) is 13.9. The molecule has 1 aliphatic rings. The summed E-state index contributed by atoms with van der Waals surface area (Å²) in [5.41, 5.74) is 3.20. The summed E-state index contributed by atoms with van der Waals surface area (Å²) in [7, 11) is 4.36. The lowest BCUT2D eigenvalue weighted by molar-refractivity contribution is -0.858. The number of rotatable bonds is 5. The van der Waals surface area contributed by atoms with Crippen LogP contribution >= 0.6 is 11.8 Å². The number of quaternary nitrogens is 1. The van der Waals surface area contributed by atoms with E-state index in [1.54, 1.807) is 18.7 Å². The first-order valence-electron chi connectivity index (χ1n) is 8.04. The Morgan fingerprint density at radius 3 is 2.57 bits per heavy atom. The average Bonchev–Trinajstić information content (AvgIpc) is 2.53. The molecule has 3 nitrogen and oxygen atoms in total. The molecule has 1 heterocycles. The minimum atomic E-state index is 0.120. The first-order valence-corrected chi connectivity index (χ1v) is 8.86. The van der Waals surface area contributed by atoms with Gasteiger partial charge >= 0.3 is 0 Å². The lowest BCUT2D eigenvalue weighted by Gasteiger charge is -2.33. The molecule has 0 atom stereocenters. The van der Waals surface area contributed by atoms with E-state index in [0.29, 0.717) is 0 Å². The molecule has 0 radical (unpaired) electrons. The number of hydrogen-bond donors (Lipinski definition) is 1. The molecule has 2 aromatic rings. The number of carbonyl (C=O) groups excluding carboxylic acids is 1. The molecular formula is C19H23N2OS+. The maximum absolute atomic E-state index is 11.8. The predicted octanol–water partition coefficient (Wildman–Crippen LogP) is 3.03. The van der Waals surface area contributed by atoms with Gasteiger partial charge in [-0.05, 0) is 31.2 Å². The van der Waals surface area contributed by atoms with Gasteiger partial charge in [-0.3, -0.25) is 4.79 Å². The van der Waals surface area contributed by atoms with Gasteiger partial charge in [0.1, 0.15) is 0 Å². The number of Topliss-reactive ketones (excluding diaryl/α,β-unsaturated/α-hetero) is 1. The molecular weight excluding hydrogens is 304 g/mol. The molecule has 0 aromatic heterocycles. The molecule has 120 valence electrons.